The predicted molar refractivity (Wildman–Crippen MR) is 105 cm³/mol. The smallest absolute Gasteiger partial charge is 0.332 e. The summed E-state index contributed by atoms with van der Waals surface area (Å²) in [7, 11) is 3.01. The number of anilines is 1. The summed E-state index contributed by atoms with van der Waals surface area (Å²) in [6, 6.07) is 6.44. The van der Waals surface area contributed by atoms with E-state index < -0.39 is 11.2 Å². The molecule has 1 atom stereocenters. The molecule has 3 aromatic rings. The summed E-state index contributed by atoms with van der Waals surface area (Å²) >= 11 is 0. The van der Waals surface area contributed by atoms with Crippen LogP contribution in [0.4, 0.5) is 10.3 Å². The van der Waals surface area contributed by atoms with Crippen LogP contribution in [0.5, 0.6) is 0 Å². The molecule has 4 rings (SSSR count). The zero-order valence-electron chi connectivity index (χ0n) is 15.9. The summed E-state index contributed by atoms with van der Waals surface area (Å²) < 4.78 is 18.4. The van der Waals surface area contributed by atoms with Gasteiger partial charge in [-0.1, -0.05) is 18.2 Å². The van der Waals surface area contributed by atoms with Gasteiger partial charge in [-0.25, -0.2) is 9.18 Å². The summed E-state index contributed by atoms with van der Waals surface area (Å²) in [5, 5.41) is 0. The number of piperidine rings is 1. The number of fused-ring (bicyclic) bond motifs is 1. The average Bonchev–Trinajstić information content (AvgIpc) is 3.06. The van der Waals surface area contributed by atoms with Gasteiger partial charge in [0.15, 0.2) is 11.2 Å². The lowest BCUT2D eigenvalue weighted by atomic mass is 10.1. The van der Waals surface area contributed by atoms with Crippen molar-refractivity contribution in [1.29, 1.82) is 0 Å². The molecule has 0 saturated carbocycles. The third-order valence-electron chi connectivity index (χ3n) is 5.35. The number of benzene rings is 1. The fourth-order valence-corrected chi connectivity index (χ4v) is 3.81. The fraction of sp³-hybridized carbons (Fsp3) is 0.421. The molecule has 8 nitrogen and oxygen atoms in total. The Balaban J connectivity index is 1.98. The summed E-state index contributed by atoms with van der Waals surface area (Å²) in [4.78, 5) is 31.9. The van der Waals surface area contributed by atoms with Gasteiger partial charge in [0.1, 0.15) is 5.82 Å². The number of hydrogen-bond acceptors (Lipinski definition) is 5. The number of hydrogen-bond donors (Lipinski definition) is 1. The van der Waals surface area contributed by atoms with E-state index >= 15 is 0 Å². The van der Waals surface area contributed by atoms with Gasteiger partial charge in [-0.2, -0.15) is 4.98 Å². The maximum atomic E-state index is 14.3. The Hall–Kier alpha value is -2.94. The van der Waals surface area contributed by atoms with Crippen LogP contribution in [-0.2, 0) is 20.6 Å². The number of halogens is 1. The SMILES string of the molecule is Cn1c(=O)c2c(nc(N3CCCC(N)C3)n2Cc2ccccc2F)n(C)c1=O. The van der Waals surface area contributed by atoms with Crippen LogP contribution in [0.2, 0.25) is 0 Å². The van der Waals surface area contributed by atoms with Crippen molar-refractivity contribution in [2.24, 2.45) is 19.8 Å². The highest BCUT2D eigenvalue weighted by atomic mass is 19.1. The molecule has 0 bridgehead atoms. The van der Waals surface area contributed by atoms with Crippen molar-refractivity contribution in [2.75, 3.05) is 18.0 Å². The number of imidazole rings is 1. The summed E-state index contributed by atoms with van der Waals surface area (Å²) in [6.45, 7) is 1.47. The van der Waals surface area contributed by atoms with Gasteiger partial charge in [-0.05, 0) is 18.9 Å². The van der Waals surface area contributed by atoms with Gasteiger partial charge >= 0.3 is 5.69 Å². The van der Waals surface area contributed by atoms with Crippen molar-refractivity contribution >= 4 is 17.1 Å². The Morgan fingerprint density at radius 3 is 2.68 bits per heavy atom. The molecule has 0 radical (unpaired) electrons. The lowest BCUT2D eigenvalue weighted by Gasteiger charge is -2.31. The first-order valence-electron chi connectivity index (χ1n) is 9.28. The molecule has 1 aliphatic heterocycles. The molecule has 28 heavy (non-hydrogen) atoms. The molecule has 1 aliphatic rings. The maximum absolute atomic E-state index is 14.3. The quantitative estimate of drug-likeness (QED) is 0.710. The standard InChI is InChI=1S/C19H23FN6O2/c1-23-16-15(17(27)24(2)19(23)28)26(10-12-6-3-4-8-14(12)20)18(22-16)25-9-5-7-13(21)11-25/h3-4,6,8,13H,5,7,9-11,21H2,1-2H3. The molecule has 1 unspecified atom stereocenters. The second-order valence-corrected chi connectivity index (χ2v) is 7.32. The number of rotatable bonds is 3. The van der Waals surface area contributed by atoms with Crippen LogP contribution in [-0.4, -0.2) is 37.8 Å². The van der Waals surface area contributed by atoms with E-state index in [1.165, 1.54) is 17.7 Å². The summed E-state index contributed by atoms with van der Waals surface area (Å²) in [5.41, 5.74) is 6.25. The van der Waals surface area contributed by atoms with Crippen molar-refractivity contribution in [3.8, 4) is 0 Å². The number of aryl methyl sites for hydroxylation is 1. The molecule has 1 aromatic carbocycles. The van der Waals surface area contributed by atoms with E-state index in [9.17, 15) is 14.0 Å². The molecule has 9 heteroatoms. The Labute approximate surface area is 160 Å². The molecule has 0 aliphatic carbocycles. The van der Waals surface area contributed by atoms with Crippen molar-refractivity contribution in [3.63, 3.8) is 0 Å². The first kappa shape index (κ1) is 18.4. The highest BCUT2D eigenvalue weighted by Crippen LogP contribution is 2.24. The number of aromatic nitrogens is 4. The van der Waals surface area contributed by atoms with Crippen LogP contribution in [0, 0.1) is 5.82 Å². The monoisotopic (exact) mass is 386 g/mol. The molecule has 1 saturated heterocycles. The molecular weight excluding hydrogens is 363 g/mol. The normalized spacial score (nSPS) is 17.4. The van der Waals surface area contributed by atoms with Crippen LogP contribution in [0.3, 0.4) is 0 Å². The number of nitrogens with two attached hydrogens (primary N) is 1. The van der Waals surface area contributed by atoms with E-state index in [1.807, 2.05) is 4.90 Å². The van der Waals surface area contributed by atoms with E-state index in [2.05, 4.69) is 4.98 Å². The minimum absolute atomic E-state index is 0.00197. The first-order chi connectivity index (χ1) is 13.4. The summed E-state index contributed by atoms with van der Waals surface area (Å²) in [5.74, 6) is 0.180. The van der Waals surface area contributed by atoms with Gasteiger partial charge < -0.3 is 10.6 Å². The Morgan fingerprint density at radius 2 is 1.96 bits per heavy atom. The topological polar surface area (TPSA) is 91.1 Å². The lowest BCUT2D eigenvalue weighted by Crippen LogP contribution is -2.44. The van der Waals surface area contributed by atoms with Gasteiger partial charge in [0.2, 0.25) is 5.95 Å². The molecule has 0 spiro atoms. The zero-order chi connectivity index (χ0) is 20.0. The third kappa shape index (κ3) is 2.91. The van der Waals surface area contributed by atoms with Crippen LogP contribution in [0.1, 0.15) is 18.4 Å². The highest BCUT2D eigenvalue weighted by molar-refractivity contribution is 5.75. The molecule has 3 heterocycles. The van der Waals surface area contributed by atoms with Gasteiger partial charge in [-0.3, -0.25) is 18.5 Å². The van der Waals surface area contributed by atoms with E-state index in [0.29, 0.717) is 23.7 Å². The van der Waals surface area contributed by atoms with E-state index in [4.69, 9.17) is 5.73 Å². The molecule has 2 aromatic heterocycles. The zero-order valence-corrected chi connectivity index (χ0v) is 15.9. The molecule has 1 fully saturated rings. The predicted octanol–water partition coefficient (Wildman–Crippen LogP) is 0.549. The van der Waals surface area contributed by atoms with Gasteiger partial charge in [0, 0.05) is 38.8 Å². The van der Waals surface area contributed by atoms with Crippen LogP contribution < -0.4 is 21.9 Å². The van der Waals surface area contributed by atoms with Crippen molar-refractivity contribution in [2.45, 2.75) is 25.4 Å². The van der Waals surface area contributed by atoms with Crippen molar-refractivity contribution < 1.29 is 4.39 Å². The minimum atomic E-state index is -0.450. The van der Waals surface area contributed by atoms with Crippen LogP contribution >= 0.6 is 0 Å². The Kier molecular flexibility index (Phi) is 4.54. The first-order valence-corrected chi connectivity index (χ1v) is 9.28. The largest absolute Gasteiger partial charge is 0.341 e. The van der Waals surface area contributed by atoms with Crippen LogP contribution in [0.25, 0.3) is 11.2 Å². The molecule has 2 N–H and O–H groups in total. The second kappa shape index (κ2) is 6.90. The van der Waals surface area contributed by atoms with Gasteiger partial charge in [0.05, 0.1) is 6.54 Å². The van der Waals surface area contributed by atoms with Gasteiger partial charge in [0.25, 0.3) is 5.56 Å². The Bertz CT molecular complexity index is 1160. The fourth-order valence-electron chi connectivity index (χ4n) is 3.81. The van der Waals surface area contributed by atoms with E-state index in [0.717, 1.165) is 24.0 Å². The van der Waals surface area contributed by atoms with E-state index in [1.54, 1.807) is 29.8 Å². The summed E-state index contributed by atoms with van der Waals surface area (Å²) in [6.07, 6.45) is 1.82. The minimum Gasteiger partial charge on any atom is -0.341 e. The van der Waals surface area contributed by atoms with Crippen molar-refractivity contribution in [3.05, 3.63) is 56.5 Å². The van der Waals surface area contributed by atoms with Gasteiger partial charge in [-0.15, -0.1) is 0 Å². The average molecular weight is 386 g/mol. The molecule has 0 amide bonds. The molecule has 148 valence electrons. The number of nitrogens with zero attached hydrogens (tertiary/aromatic N) is 5. The second-order valence-electron chi connectivity index (χ2n) is 7.32. The maximum Gasteiger partial charge on any atom is 0.332 e. The Morgan fingerprint density at radius 1 is 1.21 bits per heavy atom. The molecular formula is C19H23FN6O2. The van der Waals surface area contributed by atoms with E-state index in [-0.39, 0.29) is 23.9 Å². The lowest BCUT2D eigenvalue weighted by molar-refractivity contribution is 0.494. The van der Waals surface area contributed by atoms with Crippen molar-refractivity contribution in [1.82, 2.24) is 18.7 Å². The highest BCUT2D eigenvalue weighted by Gasteiger charge is 2.26. The third-order valence-corrected chi connectivity index (χ3v) is 5.35. The van der Waals surface area contributed by atoms with Crippen LogP contribution in [0.15, 0.2) is 33.9 Å².